The van der Waals surface area contributed by atoms with Crippen molar-refractivity contribution in [3.8, 4) is 0 Å². The lowest BCUT2D eigenvalue weighted by molar-refractivity contribution is 0.0954. The number of hydrogen-bond acceptors (Lipinski definition) is 3. The number of nitrogens with zero attached hydrogens (tertiary/aromatic N) is 2. The van der Waals surface area contributed by atoms with E-state index in [1.54, 1.807) is 24.5 Å². The molecule has 0 bridgehead atoms. The Kier molecular flexibility index (Phi) is 5.19. The van der Waals surface area contributed by atoms with Crippen molar-refractivity contribution in [2.75, 3.05) is 0 Å². The SMILES string of the molecule is CCC(/C=N\NC(=O)c1cccnc1)CC. The quantitative estimate of drug-likeness (QED) is 0.610. The minimum Gasteiger partial charge on any atom is -0.267 e. The molecule has 0 atom stereocenters. The molecule has 1 rings (SSSR count). The molecule has 0 aliphatic rings. The first-order chi connectivity index (χ1) is 7.77. The molecular weight excluding hydrogens is 202 g/mol. The molecule has 0 aliphatic carbocycles. The summed E-state index contributed by atoms with van der Waals surface area (Å²) in [6.07, 6.45) is 6.99. The highest BCUT2D eigenvalue weighted by Crippen LogP contribution is 2.03. The van der Waals surface area contributed by atoms with Gasteiger partial charge < -0.3 is 0 Å². The molecule has 0 aromatic carbocycles. The van der Waals surface area contributed by atoms with E-state index in [0.29, 0.717) is 11.5 Å². The molecule has 0 spiro atoms. The highest BCUT2D eigenvalue weighted by molar-refractivity contribution is 5.93. The standard InChI is InChI=1S/C12H17N3O/c1-3-10(4-2)8-14-15-12(16)11-6-5-7-13-9-11/h5-10H,3-4H2,1-2H3,(H,15,16)/b14-8-. The van der Waals surface area contributed by atoms with Crippen LogP contribution in [0.5, 0.6) is 0 Å². The summed E-state index contributed by atoms with van der Waals surface area (Å²) in [6.45, 7) is 4.20. The molecule has 0 fully saturated rings. The molecule has 1 aromatic heterocycles. The number of amides is 1. The maximum Gasteiger partial charge on any atom is 0.272 e. The maximum absolute atomic E-state index is 11.5. The first kappa shape index (κ1) is 12.4. The van der Waals surface area contributed by atoms with Gasteiger partial charge in [-0.1, -0.05) is 13.8 Å². The van der Waals surface area contributed by atoms with Gasteiger partial charge in [0.15, 0.2) is 0 Å². The van der Waals surface area contributed by atoms with Crippen LogP contribution in [0.2, 0.25) is 0 Å². The fourth-order valence-corrected chi connectivity index (χ4v) is 1.26. The molecule has 16 heavy (non-hydrogen) atoms. The van der Waals surface area contributed by atoms with E-state index in [1.165, 1.54) is 6.20 Å². The zero-order chi connectivity index (χ0) is 11.8. The monoisotopic (exact) mass is 219 g/mol. The highest BCUT2D eigenvalue weighted by atomic mass is 16.2. The van der Waals surface area contributed by atoms with Crippen LogP contribution in [0.3, 0.4) is 0 Å². The van der Waals surface area contributed by atoms with Gasteiger partial charge in [-0.2, -0.15) is 5.10 Å². The molecule has 0 aliphatic heterocycles. The van der Waals surface area contributed by atoms with Crippen molar-refractivity contribution in [2.24, 2.45) is 11.0 Å². The van der Waals surface area contributed by atoms with Crippen LogP contribution in [0, 0.1) is 5.92 Å². The van der Waals surface area contributed by atoms with Crippen LogP contribution in [0.4, 0.5) is 0 Å². The number of nitrogens with one attached hydrogen (secondary N) is 1. The summed E-state index contributed by atoms with van der Waals surface area (Å²) < 4.78 is 0. The van der Waals surface area contributed by atoms with Gasteiger partial charge in [-0.25, -0.2) is 5.43 Å². The zero-order valence-corrected chi connectivity index (χ0v) is 9.68. The average Bonchev–Trinajstić information content (AvgIpc) is 2.35. The van der Waals surface area contributed by atoms with Crippen LogP contribution in [0.15, 0.2) is 29.6 Å². The van der Waals surface area contributed by atoms with Crippen LogP contribution >= 0.6 is 0 Å². The van der Waals surface area contributed by atoms with Gasteiger partial charge in [0, 0.05) is 18.6 Å². The molecule has 0 saturated carbocycles. The lowest BCUT2D eigenvalue weighted by Gasteiger charge is -2.04. The lowest BCUT2D eigenvalue weighted by Crippen LogP contribution is -2.18. The Balaban J connectivity index is 2.47. The molecule has 0 radical (unpaired) electrons. The van der Waals surface area contributed by atoms with Crippen molar-refractivity contribution in [1.29, 1.82) is 0 Å². The van der Waals surface area contributed by atoms with Gasteiger partial charge in [-0.05, 0) is 30.9 Å². The van der Waals surface area contributed by atoms with E-state index in [4.69, 9.17) is 0 Å². The molecule has 86 valence electrons. The second-order valence-electron chi connectivity index (χ2n) is 3.54. The molecule has 4 nitrogen and oxygen atoms in total. The summed E-state index contributed by atoms with van der Waals surface area (Å²) in [4.78, 5) is 15.4. The predicted molar refractivity (Wildman–Crippen MR) is 64.3 cm³/mol. The lowest BCUT2D eigenvalue weighted by atomic mass is 10.1. The highest BCUT2D eigenvalue weighted by Gasteiger charge is 2.03. The number of hydrogen-bond donors (Lipinski definition) is 1. The summed E-state index contributed by atoms with van der Waals surface area (Å²) in [5.41, 5.74) is 3.01. The van der Waals surface area contributed by atoms with Gasteiger partial charge in [-0.3, -0.25) is 9.78 Å². The van der Waals surface area contributed by atoms with Crippen LogP contribution in [0.1, 0.15) is 37.0 Å². The van der Waals surface area contributed by atoms with Crippen LogP contribution < -0.4 is 5.43 Å². The minimum atomic E-state index is -0.227. The molecule has 1 heterocycles. The number of aromatic nitrogens is 1. The Morgan fingerprint density at radius 3 is 2.88 bits per heavy atom. The van der Waals surface area contributed by atoms with Gasteiger partial charge in [0.1, 0.15) is 0 Å². The second-order valence-corrected chi connectivity index (χ2v) is 3.54. The van der Waals surface area contributed by atoms with Crippen molar-refractivity contribution in [1.82, 2.24) is 10.4 Å². The summed E-state index contributed by atoms with van der Waals surface area (Å²) in [5, 5.41) is 3.94. The van der Waals surface area contributed by atoms with E-state index in [0.717, 1.165) is 12.8 Å². The van der Waals surface area contributed by atoms with E-state index in [1.807, 2.05) is 0 Å². The van der Waals surface area contributed by atoms with Crippen molar-refractivity contribution in [3.05, 3.63) is 30.1 Å². The molecule has 4 heteroatoms. The van der Waals surface area contributed by atoms with Crippen molar-refractivity contribution in [2.45, 2.75) is 26.7 Å². The van der Waals surface area contributed by atoms with E-state index in [9.17, 15) is 4.79 Å². The number of carbonyl (C=O) groups excluding carboxylic acids is 1. The third kappa shape index (κ3) is 3.81. The number of rotatable bonds is 5. The van der Waals surface area contributed by atoms with Crippen molar-refractivity contribution in [3.63, 3.8) is 0 Å². The van der Waals surface area contributed by atoms with Crippen LogP contribution in [-0.2, 0) is 0 Å². The fourth-order valence-electron chi connectivity index (χ4n) is 1.26. The fraction of sp³-hybridized carbons (Fsp3) is 0.417. The first-order valence-electron chi connectivity index (χ1n) is 5.51. The summed E-state index contributed by atoms with van der Waals surface area (Å²) in [6, 6.07) is 3.43. The van der Waals surface area contributed by atoms with Gasteiger partial charge in [-0.15, -0.1) is 0 Å². The third-order valence-corrected chi connectivity index (χ3v) is 2.42. The van der Waals surface area contributed by atoms with E-state index < -0.39 is 0 Å². The number of pyridine rings is 1. The molecule has 0 unspecified atom stereocenters. The van der Waals surface area contributed by atoms with E-state index >= 15 is 0 Å². The van der Waals surface area contributed by atoms with Gasteiger partial charge >= 0.3 is 0 Å². The maximum atomic E-state index is 11.5. The molecule has 1 amide bonds. The Bertz CT molecular complexity index is 345. The molecule has 0 saturated heterocycles. The Morgan fingerprint density at radius 2 is 2.31 bits per heavy atom. The smallest absolute Gasteiger partial charge is 0.267 e. The zero-order valence-electron chi connectivity index (χ0n) is 9.68. The van der Waals surface area contributed by atoms with Crippen molar-refractivity contribution >= 4 is 12.1 Å². The number of hydrazone groups is 1. The Morgan fingerprint density at radius 1 is 1.56 bits per heavy atom. The first-order valence-corrected chi connectivity index (χ1v) is 5.51. The minimum absolute atomic E-state index is 0.227. The van der Waals surface area contributed by atoms with Crippen LogP contribution in [0.25, 0.3) is 0 Å². The summed E-state index contributed by atoms with van der Waals surface area (Å²) >= 11 is 0. The second kappa shape index (κ2) is 6.71. The van der Waals surface area contributed by atoms with E-state index in [-0.39, 0.29) is 5.91 Å². The van der Waals surface area contributed by atoms with Gasteiger partial charge in [0.25, 0.3) is 5.91 Å². The summed E-state index contributed by atoms with van der Waals surface area (Å²) in [5.74, 6) is 0.199. The topological polar surface area (TPSA) is 54.4 Å². The number of carbonyl (C=O) groups is 1. The predicted octanol–water partition coefficient (Wildman–Crippen LogP) is 2.23. The van der Waals surface area contributed by atoms with Gasteiger partial charge in [0.05, 0.1) is 5.56 Å². The summed E-state index contributed by atoms with van der Waals surface area (Å²) in [7, 11) is 0. The molecule has 1 N–H and O–H groups in total. The van der Waals surface area contributed by atoms with Gasteiger partial charge in [0.2, 0.25) is 0 Å². The third-order valence-electron chi connectivity index (χ3n) is 2.42. The Hall–Kier alpha value is -1.71. The Labute approximate surface area is 95.8 Å². The largest absolute Gasteiger partial charge is 0.272 e. The van der Waals surface area contributed by atoms with Crippen molar-refractivity contribution < 1.29 is 4.79 Å². The normalized spacial score (nSPS) is 10.9. The van der Waals surface area contributed by atoms with E-state index in [2.05, 4.69) is 29.4 Å². The molecular formula is C12H17N3O. The average molecular weight is 219 g/mol. The molecule has 1 aromatic rings. The van der Waals surface area contributed by atoms with Crippen LogP contribution in [-0.4, -0.2) is 17.1 Å².